The van der Waals surface area contributed by atoms with E-state index in [-0.39, 0.29) is 6.10 Å². The third-order valence-corrected chi connectivity index (χ3v) is 3.89. The molecule has 1 aliphatic heterocycles. The molecule has 1 aliphatic rings. The lowest BCUT2D eigenvalue weighted by molar-refractivity contribution is 0.0315. The molecule has 3 nitrogen and oxygen atoms in total. The van der Waals surface area contributed by atoms with E-state index in [2.05, 4.69) is 13.8 Å². The SMILES string of the molecule is CCC(CC)C1CC(O)c2ccc(OC)cc2O1. The third-order valence-electron chi connectivity index (χ3n) is 3.89. The average Bonchev–Trinajstić information content (AvgIpc) is 2.39. The Hall–Kier alpha value is -1.22. The first-order chi connectivity index (χ1) is 8.69. The number of ether oxygens (including phenoxy) is 2. The van der Waals surface area contributed by atoms with Gasteiger partial charge in [0.2, 0.25) is 0 Å². The van der Waals surface area contributed by atoms with Gasteiger partial charge in [0.15, 0.2) is 0 Å². The lowest BCUT2D eigenvalue weighted by Crippen LogP contribution is -2.32. The summed E-state index contributed by atoms with van der Waals surface area (Å²) in [6, 6.07) is 5.62. The number of hydrogen-bond acceptors (Lipinski definition) is 3. The van der Waals surface area contributed by atoms with Crippen LogP contribution in [0.2, 0.25) is 0 Å². The molecular formula is C15H22O3. The van der Waals surface area contributed by atoms with Crippen molar-refractivity contribution >= 4 is 0 Å². The molecule has 2 atom stereocenters. The summed E-state index contributed by atoms with van der Waals surface area (Å²) < 4.78 is 11.3. The average molecular weight is 250 g/mol. The number of aliphatic hydroxyl groups excluding tert-OH is 1. The fourth-order valence-corrected chi connectivity index (χ4v) is 2.68. The van der Waals surface area contributed by atoms with Gasteiger partial charge in [0.1, 0.15) is 17.6 Å². The van der Waals surface area contributed by atoms with E-state index in [0.29, 0.717) is 12.3 Å². The lowest BCUT2D eigenvalue weighted by atomic mass is 9.88. The Labute approximate surface area is 109 Å². The molecule has 1 aromatic rings. The van der Waals surface area contributed by atoms with Gasteiger partial charge in [-0.2, -0.15) is 0 Å². The summed E-state index contributed by atoms with van der Waals surface area (Å²) in [5, 5.41) is 10.2. The van der Waals surface area contributed by atoms with Gasteiger partial charge in [-0.25, -0.2) is 0 Å². The van der Waals surface area contributed by atoms with Crippen LogP contribution in [0.25, 0.3) is 0 Å². The van der Waals surface area contributed by atoms with Gasteiger partial charge in [-0.3, -0.25) is 0 Å². The second kappa shape index (κ2) is 5.61. The number of methoxy groups -OCH3 is 1. The van der Waals surface area contributed by atoms with Crippen molar-refractivity contribution in [3.63, 3.8) is 0 Å². The van der Waals surface area contributed by atoms with Gasteiger partial charge in [-0.15, -0.1) is 0 Å². The van der Waals surface area contributed by atoms with Gasteiger partial charge >= 0.3 is 0 Å². The summed E-state index contributed by atoms with van der Waals surface area (Å²) >= 11 is 0. The van der Waals surface area contributed by atoms with Crippen LogP contribution in [-0.2, 0) is 0 Å². The zero-order valence-electron chi connectivity index (χ0n) is 11.3. The van der Waals surface area contributed by atoms with Gasteiger partial charge in [0.05, 0.1) is 13.2 Å². The van der Waals surface area contributed by atoms with Crippen molar-refractivity contribution in [2.45, 2.75) is 45.3 Å². The molecule has 0 aromatic heterocycles. The molecule has 1 N–H and O–H groups in total. The summed E-state index contributed by atoms with van der Waals surface area (Å²) in [5.41, 5.74) is 0.873. The second-order valence-electron chi connectivity index (χ2n) is 4.89. The standard InChI is InChI=1S/C15H22O3/c1-4-10(5-2)14-9-13(16)12-7-6-11(17-3)8-15(12)18-14/h6-8,10,13-14,16H,4-5,9H2,1-3H3. The Kier molecular flexibility index (Phi) is 4.12. The van der Waals surface area contributed by atoms with Crippen LogP contribution in [0.4, 0.5) is 0 Å². The molecule has 100 valence electrons. The molecule has 0 amide bonds. The predicted octanol–water partition coefficient (Wildman–Crippen LogP) is 3.32. The van der Waals surface area contributed by atoms with Crippen LogP contribution in [0.5, 0.6) is 11.5 Å². The Morgan fingerprint density at radius 2 is 2.11 bits per heavy atom. The van der Waals surface area contributed by atoms with E-state index in [0.717, 1.165) is 29.9 Å². The highest BCUT2D eigenvalue weighted by molar-refractivity contribution is 5.43. The van der Waals surface area contributed by atoms with Crippen LogP contribution in [0.1, 0.15) is 44.8 Å². The van der Waals surface area contributed by atoms with Gasteiger partial charge in [0.25, 0.3) is 0 Å². The molecule has 0 fully saturated rings. The highest BCUT2D eigenvalue weighted by Crippen LogP contribution is 2.39. The van der Waals surface area contributed by atoms with E-state index in [9.17, 15) is 5.11 Å². The van der Waals surface area contributed by atoms with E-state index in [1.54, 1.807) is 7.11 Å². The first kappa shape index (κ1) is 13.2. The topological polar surface area (TPSA) is 38.7 Å². The van der Waals surface area contributed by atoms with Crippen molar-refractivity contribution in [3.8, 4) is 11.5 Å². The van der Waals surface area contributed by atoms with Crippen molar-refractivity contribution in [2.24, 2.45) is 5.92 Å². The molecule has 2 unspecified atom stereocenters. The molecule has 1 heterocycles. The molecule has 0 aliphatic carbocycles. The molecule has 0 radical (unpaired) electrons. The van der Waals surface area contributed by atoms with E-state index in [1.165, 1.54) is 0 Å². The van der Waals surface area contributed by atoms with Crippen LogP contribution < -0.4 is 9.47 Å². The molecule has 1 aromatic carbocycles. The van der Waals surface area contributed by atoms with E-state index < -0.39 is 6.10 Å². The first-order valence-corrected chi connectivity index (χ1v) is 6.72. The summed E-state index contributed by atoms with van der Waals surface area (Å²) in [6.07, 6.45) is 2.52. The normalized spacial score (nSPS) is 22.5. The summed E-state index contributed by atoms with van der Waals surface area (Å²) in [6.45, 7) is 4.34. The molecule has 0 bridgehead atoms. The Morgan fingerprint density at radius 3 is 2.72 bits per heavy atom. The summed E-state index contributed by atoms with van der Waals surface area (Å²) in [5.74, 6) is 2.04. The molecule has 2 rings (SSSR count). The number of aliphatic hydroxyl groups is 1. The van der Waals surface area contributed by atoms with Crippen LogP contribution in [0.15, 0.2) is 18.2 Å². The Morgan fingerprint density at radius 1 is 1.39 bits per heavy atom. The van der Waals surface area contributed by atoms with Crippen molar-refractivity contribution < 1.29 is 14.6 Å². The fraction of sp³-hybridized carbons (Fsp3) is 0.600. The lowest BCUT2D eigenvalue weighted by Gasteiger charge is -2.34. The highest BCUT2D eigenvalue weighted by Gasteiger charge is 2.31. The Balaban J connectivity index is 2.25. The molecule has 0 saturated carbocycles. The molecule has 3 heteroatoms. The van der Waals surface area contributed by atoms with Crippen LogP contribution >= 0.6 is 0 Å². The maximum Gasteiger partial charge on any atom is 0.129 e. The third kappa shape index (κ3) is 2.46. The quantitative estimate of drug-likeness (QED) is 0.891. The summed E-state index contributed by atoms with van der Waals surface area (Å²) in [4.78, 5) is 0. The number of rotatable bonds is 4. The minimum Gasteiger partial charge on any atom is -0.497 e. The van der Waals surface area contributed by atoms with E-state index >= 15 is 0 Å². The maximum atomic E-state index is 10.2. The van der Waals surface area contributed by atoms with Crippen LogP contribution in [-0.4, -0.2) is 18.3 Å². The highest BCUT2D eigenvalue weighted by atomic mass is 16.5. The van der Waals surface area contributed by atoms with Crippen molar-refractivity contribution in [2.75, 3.05) is 7.11 Å². The number of hydrogen-bond donors (Lipinski definition) is 1. The smallest absolute Gasteiger partial charge is 0.129 e. The van der Waals surface area contributed by atoms with Gasteiger partial charge in [0, 0.05) is 18.1 Å². The van der Waals surface area contributed by atoms with Crippen molar-refractivity contribution in [1.29, 1.82) is 0 Å². The van der Waals surface area contributed by atoms with Crippen molar-refractivity contribution in [3.05, 3.63) is 23.8 Å². The zero-order chi connectivity index (χ0) is 13.1. The van der Waals surface area contributed by atoms with Crippen LogP contribution in [0, 0.1) is 5.92 Å². The van der Waals surface area contributed by atoms with E-state index in [4.69, 9.17) is 9.47 Å². The zero-order valence-corrected chi connectivity index (χ0v) is 11.3. The minimum atomic E-state index is -0.426. The Bertz CT molecular complexity index is 399. The predicted molar refractivity (Wildman–Crippen MR) is 71.1 cm³/mol. The largest absolute Gasteiger partial charge is 0.497 e. The second-order valence-corrected chi connectivity index (χ2v) is 4.89. The molecule has 0 saturated heterocycles. The monoisotopic (exact) mass is 250 g/mol. The fourth-order valence-electron chi connectivity index (χ4n) is 2.68. The molecule has 18 heavy (non-hydrogen) atoms. The van der Waals surface area contributed by atoms with Gasteiger partial charge < -0.3 is 14.6 Å². The number of benzene rings is 1. The van der Waals surface area contributed by atoms with Gasteiger partial charge in [-0.05, 0) is 30.9 Å². The van der Waals surface area contributed by atoms with E-state index in [1.807, 2.05) is 18.2 Å². The maximum absolute atomic E-state index is 10.2. The number of fused-ring (bicyclic) bond motifs is 1. The van der Waals surface area contributed by atoms with Crippen molar-refractivity contribution in [1.82, 2.24) is 0 Å². The van der Waals surface area contributed by atoms with Gasteiger partial charge in [-0.1, -0.05) is 13.8 Å². The first-order valence-electron chi connectivity index (χ1n) is 6.72. The molecule has 0 spiro atoms. The minimum absolute atomic E-state index is 0.106. The summed E-state index contributed by atoms with van der Waals surface area (Å²) in [7, 11) is 1.64. The van der Waals surface area contributed by atoms with Crippen LogP contribution in [0.3, 0.4) is 0 Å². The molecular weight excluding hydrogens is 228 g/mol.